The summed E-state index contributed by atoms with van der Waals surface area (Å²) in [5.41, 5.74) is 3.52. The van der Waals surface area contributed by atoms with Gasteiger partial charge in [-0.3, -0.25) is 14.2 Å². The highest BCUT2D eigenvalue weighted by Gasteiger charge is 2.40. The van der Waals surface area contributed by atoms with Crippen molar-refractivity contribution in [2.45, 2.75) is 52.2 Å². The minimum atomic E-state index is -0.578. The summed E-state index contributed by atoms with van der Waals surface area (Å²) < 4.78 is 18.3. The van der Waals surface area contributed by atoms with Gasteiger partial charge in [0.2, 0.25) is 0 Å². The summed E-state index contributed by atoms with van der Waals surface area (Å²) in [5, 5.41) is 3.31. The van der Waals surface area contributed by atoms with Crippen molar-refractivity contribution in [2.24, 2.45) is 0 Å². The van der Waals surface area contributed by atoms with Crippen molar-refractivity contribution in [3.05, 3.63) is 48.0 Å². The third-order valence-corrected chi connectivity index (χ3v) is 5.20. The lowest BCUT2D eigenvalue weighted by Crippen LogP contribution is -2.31. The van der Waals surface area contributed by atoms with Gasteiger partial charge in [0.25, 0.3) is 0 Å². The molecular weight excluding hydrogens is 414 g/mol. The second-order valence-corrected chi connectivity index (χ2v) is 7.70. The van der Waals surface area contributed by atoms with Gasteiger partial charge in [-0.2, -0.15) is 0 Å². The van der Waals surface area contributed by atoms with E-state index in [9.17, 15) is 9.59 Å². The van der Waals surface area contributed by atoms with Crippen LogP contribution in [0.2, 0.25) is 0 Å². The molecule has 10 nitrogen and oxygen atoms in total. The highest BCUT2D eigenvalue weighted by molar-refractivity contribution is 5.82. The zero-order valence-corrected chi connectivity index (χ0v) is 18.1. The predicted molar refractivity (Wildman–Crippen MR) is 115 cm³/mol. The van der Waals surface area contributed by atoms with Crippen molar-refractivity contribution >= 4 is 28.9 Å². The number of ether oxygens (including phenoxy) is 3. The molecule has 3 unspecified atom stereocenters. The molecule has 32 heavy (non-hydrogen) atoms. The minimum absolute atomic E-state index is 0.00521. The fourth-order valence-corrected chi connectivity index (χ4v) is 3.64. The second-order valence-electron chi connectivity index (χ2n) is 7.70. The fourth-order valence-electron chi connectivity index (χ4n) is 3.64. The van der Waals surface area contributed by atoms with Crippen LogP contribution in [0.1, 0.15) is 37.6 Å². The molecule has 3 atom stereocenters. The number of nitrogens with zero attached hydrogens (tertiary/aromatic N) is 4. The van der Waals surface area contributed by atoms with E-state index >= 15 is 0 Å². The van der Waals surface area contributed by atoms with Gasteiger partial charge in [0.1, 0.15) is 31.4 Å². The van der Waals surface area contributed by atoms with Crippen LogP contribution < -0.4 is 5.32 Å². The number of imidazole rings is 1. The highest BCUT2D eigenvalue weighted by atomic mass is 16.6. The Balaban J connectivity index is 1.53. The highest BCUT2D eigenvalue weighted by Crippen LogP contribution is 2.33. The molecule has 1 fully saturated rings. The molecule has 1 aromatic carbocycles. The lowest BCUT2D eigenvalue weighted by atomic mass is 10.1. The van der Waals surface area contributed by atoms with Crippen LogP contribution in [0.25, 0.3) is 11.2 Å². The van der Waals surface area contributed by atoms with E-state index in [4.69, 9.17) is 14.2 Å². The molecule has 0 spiro atoms. The Morgan fingerprint density at radius 1 is 1.16 bits per heavy atom. The second kappa shape index (κ2) is 9.31. The van der Waals surface area contributed by atoms with Crippen molar-refractivity contribution < 1.29 is 23.8 Å². The van der Waals surface area contributed by atoms with Gasteiger partial charge in [-0.25, -0.2) is 15.0 Å². The van der Waals surface area contributed by atoms with Crippen molar-refractivity contribution in [1.82, 2.24) is 19.5 Å². The molecule has 4 rings (SSSR count). The number of hydrogen-bond donors (Lipinski definition) is 1. The van der Waals surface area contributed by atoms with E-state index in [0.717, 1.165) is 5.56 Å². The van der Waals surface area contributed by atoms with E-state index in [-0.39, 0.29) is 6.61 Å². The van der Waals surface area contributed by atoms with Gasteiger partial charge < -0.3 is 19.5 Å². The Morgan fingerprint density at radius 3 is 2.66 bits per heavy atom. The van der Waals surface area contributed by atoms with Gasteiger partial charge in [-0.15, -0.1) is 0 Å². The van der Waals surface area contributed by atoms with Crippen molar-refractivity contribution in [3.63, 3.8) is 0 Å². The Bertz CT molecular complexity index is 1110. The summed E-state index contributed by atoms with van der Waals surface area (Å²) >= 11 is 0. The van der Waals surface area contributed by atoms with Gasteiger partial charge in [-0.05, 0) is 12.5 Å². The first-order valence-electron chi connectivity index (χ1n) is 10.3. The van der Waals surface area contributed by atoms with E-state index in [0.29, 0.717) is 29.9 Å². The molecule has 1 saturated heterocycles. The number of carbonyl (C=O) groups excluding carboxylic acids is 2. The van der Waals surface area contributed by atoms with Gasteiger partial charge in [0, 0.05) is 26.8 Å². The summed E-state index contributed by atoms with van der Waals surface area (Å²) in [6.07, 6.45) is 1.87. The average molecular weight is 439 g/mol. The molecule has 3 heterocycles. The predicted octanol–water partition coefficient (Wildman–Crippen LogP) is 2.53. The number of carbonyl (C=O) groups is 2. The summed E-state index contributed by atoms with van der Waals surface area (Å²) in [4.78, 5) is 35.9. The van der Waals surface area contributed by atoms with Gasteiger partial charge >= 0.3 is 11.9 Å². The Hall–Kier alpha value is -3.53. The van der Waals surface area contributed by atoms with Crippen LogP contribution in [0.15, 0.2) is 36.9 Å². The summed E-state index contributed by atoms with van der Waals surface area (Å²) in [7, 11) is 0. The molecular formula is C22H25N5O5. The van der Waals surface area contributed by atoms with Crippen molar-refractivity contribution in [2.75, 3.05) is 11.9 Å². The molecule has 3 aromatic rings. The molecule has 10 heteroatoms. The number of anilines is 1. The smallest absolute Gasteiger partial charge is 0.303 e. The standard InChI is InChI=1S/C22H25N5O5/c1-13-4-6-16(7-5-13)9-23-21-20-22(25-11-24-21)27(12-26-20)19-8-17(31-15(3)29)18(32-19)10-30-14(2)28/h4-7,11-12,17-19H,8-10H2,1-3H3,(H,23,24,25). The molecule has 0 radical (unpaired) electrons. The third-order valence-electron chi connectivity index (χ3n) is 5.20. The maximum Gasteiger partial charge on any atom is 0.303 e. The molecule has 1 aliphatic rings. The Kier molecular flexibility index (Phi) is 6.31. The van der Waals surface area contributed by atoms with E-state index in [1.165, 1.54) is 25.7 Å². The normalized spacial score (nSPS) is 20.3. The number of nitrogens with one attached hydrogen (secondary N) is 1. The molecule has 1 N–H and O–H groups in total. The summed E-state index contributed by atoms with van der Waals surface area (Å²) in [6, 6.07) is 8.24. The van der Waals surface area contributed by atoms with Crippen LogP contribution in [0.4, 0.5) is 5.82 Å². The van der Waals surface area contributed by atoms with Gasteiger partial charge in [0.15, 0.2) is 17.0 Å². The zero-order valence-electron chi connectivity index (χ0n) is 18.1. The van der Waals surface area contributed by atoms with Crippen LogP contribution in [-0.2, 0) is 30.3 Å². The molecule has 2 aromatic heterocycles. The maximum atomic E-state index is 11.5. The number of aryl methyl sites for hydroxylation is 1. The van der Waals surface area contributed by atoms with E-state index < -0.39 is 30.4 Å². The fraction of sp³-hybridized carbons (Fsp3) is 0.409. The molecule has 0 amide bonds. The number of hydrogen-bond acceptors (Lipinski definition) is 9. The van der Waals surface area contributed by atoms with Crippen LogP contribution in [0, 0.1) is 6.92 Å². The third kappa shape index (κ3) is 4.86. The minimum Gasteiger partial charge on any atom is -0.463 e. The molecule has 168 valence electrons. The van der Waals surface area contributed by atoms with Crippen LogP contribution >= 0.6 is 0 Å². The molecule has 1 aliphatic heterocycles. The monoisotopic (exact) mass is 439 g/mol. The van der Waals surface area contributed by atoms with Crippen molar-refractivity contribution in [3.8, 4) is 0 Å². The molecule has 0 aliphatic carbocycles. The zero-order chi connectivity index (χ0) is 22.7. The lowest BCUT2D eigenvalue weighted by molar-refractivity contribution is -0.155. The number of fused-ring (bicyclic) bond motifs is 1. The number of benzene rings is 1. The first kappa shape index (κ1) is 21.7. The lowest BCUT2D eigenvalue weighted by Gasteiger charge is -2.17. The first-order valence-corrected chi connectivity index (χ1v) is 10.3. The van der Waals surface area contributed by atoms with E-state index in [1.54, 1.807) is 10.9 Å². The average Bonchev–Trinajstić information content (AvgIpc) is 3.35. The van der Waals surface area contributed by atoms with Crippen LogP contribution in [-0.4, -0.2) is 50.3 Å². The maximum absolute atomic E-state index is 11.5. The number of aromatic nitrogens is 4. The quantitative estimate of drug-likeness (QED) is 0.554. The molecule has 0 saturated carbocycles. The largest absolute Gasteiger partial charge is 0.463 e. The number of rotatable bonds is 7. The Morgan fingerprint density at radius 2 is 1.94 bits per heavy atom. The van der Waals surface area contributed by atoms with Crippen LogP contribution in [0.5, 0.6) is 0 Å². The SMILES string of the molecule is CC(=O)OCC1OC(n2cnc3c(NCc4ccc(C)cc4)ncnc32)CC1OC(C)=O. The number of esters is 2. The Labute approximate surface area is 184 Å². The van der Waals surface area contributed by atoms with E-state index in [1.807, 2.05) is 6.92 Å². The van der Waals surface area contributed by atoms with Crippen molar-refractivity contribution in [1.29, 1.82) is 0 Å². The molecule has 0 bridgehead atoms. The van der Waals surface area contributed by atoms with Gasteiger partial charge in [-0.1, -0.05) is 29.8 Å². The topological polar surface area (TPSA) is 117 Å². The van der Waals surface area contributed by atoms with Gasteiger partial charge in [0.05, 0.1) is 6.33 Å². The summed E-state index contributed by atoms with van der Waals surface area (Å²) in [6.45, 7) is 5.29. The van der Waals surface area contributed by atoms with Crippen LogP contribution in [0.3, 0.4) is 0 Å². The van der Waals surface area contributed by atoms with E-state index in [2.05, 4.69) is 44.5 Å². The summed E-state index contributed by atoms with van der Waals surface area (Å²) in [5.74, 6) is -0.239. The first-order chi connectivity index (χ1) is 15.4.